The van der Waals surface area contributed by atoms with Crippen molar-refractivity contribution in [3.8, 4) is 0 Å². The van der Waals surface area contributed by atoms with Gasteiger partial charge in [-0.05, 0) is 30.7 Å². The first-order chi connectivity index (χ1) is 9.75. The highest BCUT2D eigenvalue weighted by molar-refractivity contribution is 9.10. The molecule has 0 unspecified atom stereocenters. The van der Waals surface area contributed by atoms with Gasteiger partial charge in [-0.1, -0.05) is 40.2 Å². The van der Waals surface area contributed by atoms with E-state index in [1.807, 2.05) is 24.3 Å². The predicted molar refractivity (Wildman–Crippen MR) is 84.6 cm³/mol. The highest BCUT2D eigenvalue weighted by Gasteiger charge is 2.07. The van der Waals surface area contributed by atoms with E-state index in [2.05, 4.69) is 62.0 Å². The van der Waals surface area contributed by atoms with E-state index in [9.17, 15) is 0 Å². The number of hydrogen-bond acceptors (Lipinski definition) is 2. The maximum absolute atomic E-state index is 4.57. The average Bonchev–Trinajstić information content (AvgIpc) is 2.77. The molecule has 3 nitrogen and oxygen atoms in total. The number of rotatable bonds is 4. The second-order valence-electron chi connectivity index (χ2n) is 4.77. The van der Waals surface area contributed by atoms with Crippen molar-refractivity contribution in [3.63, 3.8) is 0 Å². The molecular formula is C16H16BrN3. The number of fused-ring (bicyclic) bond motifs is 1. The third-order valence-corrected chi connectivity index (χ3v) is 4.17. The SMILES string of the molecule is Cc1nc2ccccn2c1CNCc1ccccc1Br. The Morgan fingerprint density at radius 2 is 1.90 bits per heavy atom. The zero-order chi connectivity index (χ0) is 13.9. The molecular weight excluding hydrogens is 314 g/mol. The molecule has 0 spiro atoms. The molecule has 3 rings (SSSR count). The molecule has 0 radical (unpaired) electrons. The summed E-state index contributed by atoms with van der Waals surface area (Å²) in [5, 5.41) is 3.49. The molecule has 1 aromatic carbocycles. The van der Waals surface area contributed by atoms with E-state index in [0.717, 1.165) is 28.9 Å². The lowest BCUT2D eigenvalue weighted by atomic mass is 10.2. The first-order valence-electron chi connectivity index (χ1n) is 6.62. The molecule has 2 heterocycles. The molecule has 0 aliphatic carbocycles. The standard InChI is InChI=1S/C16H16BrN3/c1-12-15(20-9-5-4-8-16(20)19-12)11-18-10-13-6-2-3-7-14(13)17/h2-9,18H,10-11H2,1H3. The number of aryl methyl sites for hydroxylation is 1. The Balaban J connectivity index is 1.74. The van der Waals surface area contributed by atoms with Gasteiger partial charge in [0.1, 0.15) is 5.65 Å². The van der Waals surface area contributed by atoms with Gasteiger partial charge in [0.15, 0.2) is 0 Å². The predicted octanol–water partition coefficient (Wildman–Crippen LogP) is 3.70. The van der Waals surface area contributed by atoms with Crippen molar-refractivity contribution in [2.24, 2.45) is 0 Å². The molecule has 102 valence electrons. The molecule has 0 fully saturated rings. The van der Waals surface area contributed by atoms with E-state index in [1.165, 1.54) is 11.3 Å². The van der Waals surface area contributed by atoms with Crippen LogP contribution in [0.15, 0.2) is 53.1 Å². The minimum Gasteiger partial charge on any atom is -0.307 e. The molecule has 3 aromatic rings. The Bertz CT molecular complexity index is 733. The number of benzene rings is 1. The normalized spacial score (nSPS) is 11.1. The molecule has 0 atom stereocenters. The summed E-state index contributed by atoms with van der Waals surface area (Å²) in [5.41, 5.74) is 4.56. The minimum absolute atomic E-state index is 0.804. The molecule has 0 aliphatic heterocycles. The van der Waals surface area contributed by atoms with Crippen LogP contribution in [0, 0.1) is 6.92 Å². The zero-order valence-electron chi connectivity index (χ0n) is 11.3. The van der Waals surface area contributed by atoms with Crippen LogP contribution in [0.1, 0.15) is 17.0 Å². The Labute approximate surface area is 126 Å². The monoisotopic (exact) mass is 329 g/mol. The lowest BCUT2D eigenvalue weighted by Gasteiger charge is -2.07. The minimum atomic E-state index is 0.804. The van der Waals surface area contributed by atoms with Crippen molar-refractivity contribution in [2.75, 3.05) is 0 Å². The lowest BCUT2D eigenvalue weighted by Crippen LogP contribution is -2.15. The van der Waals surface area contributed by atoms with E-state index in [4.69, 9.17) is 0 Å². The van der Waals surface area contributed by atoms with Crippen molar-refractivity contribution in [3.05, 3.63) is 70.1 Å². The molecule has 1 N–H and O–H groups in total. The van der Waals surface area contributed by atoms with E-state index in [-0.39, 0.29) is 0 Å². The molecule has 2 aromatic heterocycles. The molecule has 20 heavy (non-hydrogen) atoms. The van der Waals surface area contributed by atoms with Crippen molar-refractivity contribution in [1.82, 2.24) is 14.7 Å². The van der Waals surface area contributed by atoms with Crippen molar-refractivity contribution < 1.29 is 0 Å². The van der Waals surface area contributed by atoms with Crippen LogP contribution in [0.2, 0.25) is 0 Å². The Kier molecular flexibility index (Phi) is 3.85. The van der Waals surface area contributed by atoms with Gasteiger partial charge in [0.2, 0.25) is 0 Å². The summed E-state index contributed by atoms with van der Waals surface area (Å²) in [6.45, 7) is 3.70. The fourth-order valence-electron chi connectivity index (χ4n) is 2.33. The molecule has 0 amide bonds. The first-order valence-corrected chi connectivity index (χ1v) is 7.41. The van der Waals surface area contributed by atoms with Crippen LogP contribution in [-0.2, 0) is 13.1 Å². The highest BCUT2D eigenvalue weighted by Crippen LogP contribution is 2.16. The van der Waals surface area contributed by atoms with Crippen LogP contribution in [0.4, 0.5) is 0 Å². The summed E-state index contributed by atoms with van der Waals surface area (Å²) in [4.78, 5) is 4.57. The summed E-state index contributed by atoms with van der Waals surface area (Å²) in [6.07, 6.45) is 2.06. The van der Waals surface area contributed by atoms with E-state index >= 15 is 0 Å². The third-order valence-electron chi connectivity index (χ3n) is 3.39. The molecule has 0 bridgehead atoms. The quantitative estimate of drug-likeness (QED) is 0.790. The third kappa shape index (κ3) is 2.62. The maximum Gasteiger partial charge on any atom is 0.137 e. The van der Waals surface area contributed by atoms with Gasteiger partial charge in [0.25, 0.3) is 0 Å². The van der Waals surface area contributed by atoms with Gasteiger partial charge in [0.05, 0.1) is 11.4 Å². The number of nitrogens with one attached hydrogen (secondary N) is 1. The number of nitrogens with zero attached hydrogens (tertiary/aromatic N) is 2. The van der Waals surface area contributed by atoms with Crippen molar-refractivity contribution in [2.45, 2.75) is 20.0 Å². The largest absolute Gasteiger partial charge is 0.307 e. The zero-order valence-corrected chi connectivity index (χ0v) is 12.9. The number of pyridine rings is 1. The van der Waals surface area contributed by atoms with Gasteiger partial charge in [0, 0.05) is 23.8 Å². The summed E-state index contributed by atoms with van der Waals surface area (Å²) in [7, 11) is 0. The summed E-state index contributed by atoms with van der Waals surface area (Å²) >= 11 is 3.57. The van der Waals surface area contributed by atoms with Crippen LogP contribution in [0.5, 0.6) is 0 Å². The van der Waals surface area contributed by atoms with Crippen LogP contribution >= 0.6 is 15.9 Å². The smallest absolute Gasteiger partial charge is 0.137 e. The summed E-state index contributed by atoms with van der Waals surface area (Å²) in [6, 6.07) is 14.4. The second kappa shape index (κ2) is 5.77. The Morgan fingerprint density at radius 1 is 1.10 bits per heavy atom. The average molecular weight is 330 g/mol. The summed E-state index contributed by atoms with van der Waals surface area (Å²) < 4.78 is 3.28. The fraction of sp³-hybridized carbons (Fsp3) is 0.188. The number of halogens is 1. The van der Waals surface area contributed by atoms with Crippen molar-refractivity contribution in [1.29, 1.82) is 0 Å². The van der Waals surface area contributed by atoms with Gasteiger partial charge in [-0.3, -0.25) is 0 Å². The van der Waals surface area contributed by atoms with E-state index in [1.54, 1.807) is 0 Å². The molecule has 0 aliphatic rings. The van der Waals surface area contributed by atoms with Crippen LogP contribution in [0.25, 0.3) is 5.65 Å². The number of hydrogen-bond donors (Lipinski definition) is 1. The fourth-order valence-corrected chi connectivity index (χ4v) is 2.76. The molecule has 0 saturated carbocycles. The van der Waals surface area contributed by atoms with Gasteiger partial charge in [-0.15, -0.1) is 0 Å². The Morgan fingerprint density at radius 3 is 2.75 bits per heavy atom. The summed E-state index contributed by atoms with van der Waals surface area (Å²) in [5.74, 6) is 0. The van der Waals surface area contributed by atoms with E-state index < -0.39 is 0 Å². The van der Waals surface area contributed by atoms with Crippen LogP contribution in [0.3, 0.4) is 0 Å². The number of imidazole rings is 1. The maximum atomic E-state index is 4.57. The molecule has 0 saturated heterocycles. The highest BCUT2D eigenvalue weighted by atomic mass is 79.9. The first kappa shape index (κ1) is 13.3. The van der Waals surface area contributed by atoms with Gasteiger partial charge >= 0.3 is 0 Å². The molecule has 4 heteroatoms. The van der Waals surface area contributed by atoms with Gasteiger partial charge in [-0.25, -0.2) is 4.98 Å². The Hall–Kier alpha value is -1.65. The lowest BCUT2D eigenvalue weighted by molar-refractivity contribution is 0.670. The van der Waals surface area contributed by atoms with Crippen LogP contribution < -0.4 is 5.32 Å². The number of aromatic nitrogens is 2. The second-order valence-corrected chi connectivity index (χ2v) is 5.62. The van der Waals surface area contributed by atoms with Gasteiger partial charge in [-0.2, -0.15) is 0 Å². The van der Waals surface area contributed by atoms with E-state index in [0.29, 0.717) is 0 Å². The van der Waals surface area contributed by atoms with Crippen molar-refractivity contribution >= 4 is 21.6 Å². The van der Waals surface area contributed by atoms with Crippen LogP contribution in [-0.4, -0.2) is 9.38 Å². The topological polar surface area (TPSA) is 29.3 Å². The van der Waals surface area contributed by atoms with Gasteiger partial charge < -0.3 is 9.72 Å².